The number of piperidine rings is 1. The van der Waals surface area contributed by atoms with Gasteiger partial charge in [0.2, 0.25) is 5.91 Å². The Bertz CT molecular complexity index is 2780. The van der Waals surface area contributed by atoms with E-state index in [2.05, 4.69) is 34.4 Å². The number of phenols is 2. The van der Waals surface area contributed by atoms with Gasteiger partial charge in [0, 0.05) is 93.0 Å². The smallest absolute Gasteiger partial charge is 0.315 e. The first-order valence-corrected chi connectivity index (χ1v) is 24.3. The Labute approximate surface area is 406 Å². The monoisotopic (exact) mass is 966 g/mol. The molecule has 2 aromatic carbocycles. The Morgan fingerprint density at radius 2 is 1.67 bits per heavy atom. The van der Waals surface area contributed by atoms with Gasteiger partial charge in [-0.1, -0.05) is 65.0 Å². The highest BCUT2D eigenvalue weighted by Gasteiger charge is 2.50. The van der Waals surface area contributed by atoms with E-state index in [4.69, 9.17) is 24.2 Å². The zero-order chi connectivity index (χ0) is 50.6. The van der Waals surface area contributed by atoms with Crippen molar-refractivity contribution in [2.24, 2.45) is 39.6 Å². The number of phenolic OH excluding ortho intramolecular Hbond substituents is 2. The average molecular weight is 967 g/mol. The van der Waals surface area contributed by atoms with Crippen molar-refractivity contribution in [2.45, 2.75) is 124 Å². The molecule has 2 amide bonds. The van der Waals surface area contributed by atoms with Crippen molar-refractivity contribution in [1.82, 2.24) is 24.8 Å². The number of amides is 2. The number of aliphatic hydroxyl groups is 2. The van der Waals surface area contributed by atoms with Crippen LogP contribution in [0.5, 0.6) is 17.2 Å². The number of aliphatic hydroxyl groups excluding tert-OH is 2. The fourth-order valence-corrected chi connectivity index (χ4v) is 10.4. The molecule has 5 bridgehead atoms. The lowest BCUT2D eigenvalue weighted by molar-refractivity contribution is -0.163. The van der Waals surface area contributed by atoms with Gasteiger partial charge >= 0.3 is 11.8 Å². The molecular weight excluding hydrogens is 901 g/mol. The number of carbonyl (C=O) groups is 4. The number of fused-ring (bicyclic) bond motifs is 13. The predicted molar refractivity (Wildman–Crippen MR) is 256 cm³/mol. The fraction of sp³-hybridized carbons (Fsp3) is 0.569. The SMILES string of the molecule is C/C1=C/C=C/C(C)[C@H](O)[C@@H](C)[C@@H](O)[C@@H](C)C(OC(=O)CC(=O)N2CC(n3ccnn3)C2)[C@H](C)C/C=C/OC2(C)Oc3c(C)c(O)c4c(O)c(c5c(c4c3C2=O)=NC2(CCN(CC(C)C)CC2)N=5)NC1=O. The van der Waals surface area contributed by atoms with Crippen molar-refractivity contribution in [2.75, 3.05) is 38.0 Å². The number of carbonyl (C=O) groups excluding carboxylic acids is 4. The summed E-state index contributed by atoms with van der Waals surface area (Å²) in [5.41, 5.74) is -0.623. The van der Waals surface area contributed by atoms with Crippen LogP contribution in [-0.2, 0) is 23.9 Å². The molecule has 9 rings (SSSR count). The number of esters is 1. The van der Waals surface area contributed by atoms with Crippen molar-refractivity contribution < 1.29 is 53.8 Å². The van der Waals surface area contributed by atoms with Crippen LogP contribution in [-0.4, -0.2) is 131 Å². The van der Waals surface area contributed by atoms with E-state index in [1.165, 1.54) is 18.1 Å². The number of nitrogens with one attached hydrogen (secondary N) is 1. The lowest BCUT2D eigenvalue weighted by Crippen LogP contribution is -2.51. The van der Waals surface area contributed by atoms with Crippen LogP contribution in [0.2, 0.25) is 0 Å². The number of aromatic hydroxyl groups is 2. The van der Waals surface area contributed by atoms with Crippen LogP contribution in [0.3, 0.4) is 0 Å². The number of ketones is 1. The van der Waals surface area contributed by atoms with Crippen molar-refractivity contribution in [3.8, 4) is 17.2 Å². The summed E-state index contributed by atoms with van der Waals surface area (Å²) < 4.78 is 20.1. The number of hydrogen-bond acceptors (Lipinski definition) is 16. The topological polar surface area (TPSA) is 251 Å². The van der Waals surface area contributed by atoms with E-state index in [9.17, 15) is 39.6 Å². The van der Waals surface area contributed by atoms with Crippen LogP contribution >= 0.6 is 0 Å². The molecule has 0 aliphatic carbocycles. The molecule has 70 heavy (non-hydrogen) atoms. The van der Waals surface area contributed by atoms with Crippen molar-refractivity contribution >= 4 is 40.0 Å². The summed E-state index contributed by atoms with van der Waals surface area (Å²) in [4.78, 5) is 69.7. The summed E-state index contributed by atoms with van der Waals surface area (Å²) in [6.07, 6.45) is 8.63. The number of nitrogens with zero attached hydrogens (tertiary/aromatic N) is 7. The van der Waals surface area contributed by atoms with Gasteiger partial charge in [-0.25, -0.2) is 4.68 Å². The molecule has 8 atom stereocenters. The van der Waals surface area contributed by atoms with Crippen LogP contribution in [0.15, 0.2) is 58.5 Å². The minimum absolute atomic E-state index is 0.0322. The van der Waals surface area contributed by atoms with E-state index in [1.54, 1.807) is 76.0 Å². The van der Waals surface area contributed by atoms with E-state index in [0.717, 1.165) is 6.54 Å². The minimum Gasteiger partial charge on any atom is -0.507 e. The lowest BCUT2D eigenvalue weighted by Gasteiger charge is -2.39. The second-order valence-corrected chi connectivity index (χ2v) is 20.5. The highest BCUT2D eigenvalue weighted by molar-refractivity contribution is 6.19. The van der Waals surface area contributed by atoms with E-state index in [-0.39, 0.29) is 67.8 Å². The van der Waals surface area contributed by atoms with Gasteiger partial charge in [0.15, 0.2) is 11.4 Å². The van der Waals surface area contributed by atoms with Crippen LogP contribution in [0, 0.1) is 36.5 Å². The second kappa shape index (κ2) is 19.5. The van der Waals surface area contributed by atoms with E-state index in [0.29, 0.717) is 44.9 Å². The number of aromatic nitrogens is 3. The first-order chi connectivity index (χ1) is 33.1. The molecule has 7 heterocycles. The lowest BCUT2D eigenvalue weighted by atomic mass is 9.79. The molecule has 1 spiro atoms. The van der Waals surface area contributed by atoms with Crippen LogP contribution in [0.1, 0.15) is 103 Å². The Kier molecular flexibility index (Phi) is 14.0. The van der Waals surface area contributed by atoms with Gasteiger partial charge in [-0.15, -0.1) is 5.10 Å². The summed E-state index contributed by atoms with van der Waals surface area (Å²) >= 11 is 0. The summed E-state index contributed by atoms with van der Waals surface area (Å²) in [6, 6.07) is -0.0501. The number of Topliss-reactive ketones (excluding diaryl/α,β-unsaturated/α-hetero) is 1. The standard InChI is InChI=1S/C51H66N8O11/c1-26(2)23-57-18-15-51(16-19-57)54-39-36-37-44(64)32(8)47-38(36)48(66)50(9,70-47)68-21-11-14-28(4)46(69-35(61)22-34(60)58-24-33(25-58)59-20-17-52-56-59)31(7)43(63)30(6)42(62)27(3)12-10-13-29(5)49(67)53-41(45(37)65)40(39)55-51/h10-13,17,20-21,26-28,30-31,33,42-43,46,62-65H,14-16,18-19,22-25H2,1-9H3,(H,53,67)/b12-10+,21-11+,29-13-/t27?,28-,30-,31-,42+,43-,46?,50?/m1/s1. The first kappa shape index (κ1) is 50.2. The predicted octanol–water partition coefficient (Wildman–Crippen LogP) is 4.17. The highest BCUT2D eigenvalue weighted by atomic mass is 16.7. The molecule has 2 fully saturated rings. The van der Waals surface area contributed by atoms with Gasteiger partial charge in [0.25, 0.3) is 11.7 Å². The summed E-state index contributed by atoms with van der Waals surface area (Å²) in [6.45, 7) is 18.9. The second-order valence-electron chi connectivity index (χ2n) is 20.5. The number of anilines is 1. The number of ether oxygens (including phenoxy) is 3. The fourth-order valence-electron chi connectivity index (χ4n) is 10.4. The molecule has 1 aromatic heterocycles. The molecule has 0 radical (unpaired) electrons. The molecule has 6 aliphatic rings. The van der Waals surface area contributed by atoms with Crippen LogP contribution in [0.4, 0.5) is 5.69 Å². The zero-order valence-corrected chi connectivity index (χ0v) is 41.4. The van der Waals surface area contributed by atoms with Gasteiger partial charge in [0.1, 0.15) is 35.1 Å². The normalized spacial score (nSPS) is 30.1. The number of benzene rings is 2. The zero-order valence-electron chi connectivity index (χ0n) is 41.4. The van der Waals surface area contributed by atoms with E-state index < -0.39 is 89.2 Å². The third kappa shape index (κ3) is 9.42. The Hall–Kier alpha value is -6.18. The third-order valence-corrected chi connectivity index (χ3v) is 14.8. The number of allylic oxidation sites excluding steroid dienone is 3. The molecule has 19 heteroatoms. The molecular formula is C51H66N8O11. The van der Waals surface area contributed by atoms with E-state index in [1.807, 2.05) is 6.92 Å². The van der Waals surface area contributed by atoms with Gasteiger partial charge in [-0.05, 0) is 38.2 Å². The highest BCUT2D eigenvalue weighted by Crippen LogP contribution is 2.50. The van der Waals surface area contributed by atoms with Gasteiger partial charge in [-0.3, -0.25) is 29.2 Å². The molecule has 3 aromatic rings. The molecule has 376 valence electrons. The summed E-state index contributed by atoms with van der Waals surface area (Å²) in [5, 5.41) is 58.5. The summed E-state index contributed by atoms with van der Waals surface area (Å²) in [5.74, 6) is -7.21. The molecule has 19 nitrogen and oxygen atoms in total. The molecule has 6 aliphatic heterocycles. The number of hydrogen-bond donors (Lipinski definition) is 5. The molecule has 3 unspecified atom stereocenters. The maximum absolute atomic E-state index is 14.8. The summed E-state index contributed by atoms with van der Waals surface area (Å²) in [7, 11) is 0. The third-order valence-electron chi connectivity index (χ3n) is 14.8. The van der Waals surface area contributed by atoms with Crippen molar-refractivity contribution in [1.29, 1.82) is 0 Å². The van der Waals surface area contributed by atoms with E-state index >= 15 is 0 Å². The number of rotatable bonds is 6. The van der Waals surface area contributed by atoms with Gasteiger partial charge < -0.3 is 49.8 Å². The maximum atomic E-state index is 14.8. The quantitative estimate of drug-likeness (QED) is 0.132. The first-order valence-electron chi connectivity index (χ1n) is 24.3. The van der Waals surface area contributed by atoms with Crippen LogP contribution in [0.25, 0.3) is 10.8 Å². The Morgan fingerprint density at radius 1 is 0.971 bits per heavy atom. The Balaban J connectivity index is 1.15. The van der Waals surface area contributed by atoms with Crippen LogP contribution < -0.4 is 20.8 Å². The largest absolute Gasteiger partial charge is 0.507 e. The van der Waals surface area contributed by atoms with Crippen molar-refractivity contribution in [3.63, 3.8) is 0 Å². The van der Waals surface area contributed by atoms with Gasteiger partial charge in [-0.2, -0.15) is 0 Å². The minimum atomic E-state index is -1.95. The average Bonchev–Trinajstić information content (AvgIpc) is 4.03. The number of likely N-dealkylation sites (tertiary alicyclic amines) is 2. The maximum Gasteiger partial charge on any atom is 0.315 e. The van der Waals surface area contributed by atoms with Gasteiger partial charge in [0.05, 0.1) is 47.0 Å². The Morgan fingerprint density at radius 3 is 2.34 bits per heavy atom. The van der Waals surface area contributed by atoms with Crippen molar-refractivity contribution in [3.05, 3.63) is 70.4 Å². The molecule has 0 saturated carbocycles. The molecule has 5 N–H and O–H groups in total. The molecule has 2 saturated heterocycles.